The molecule has 4 heteroatoms. The maximum Gasteiger partial charge on any atom is 0.579 e. The highest BCUT2D eigenvalue weighted by Crippen LogP contribution is 2.20. The first-order valence-corrected chi connectivity index (χ1v) is 4.84. The van der Waals surface area contributed by atoms with Crippen LogP contribution in [-0.4, -0.2) is 6.61 Å². The summed E-state index contributed by atoms with van der Waals surface area (Å²) in [5.41, 5.74) is 0. The number of benzene rings is 1. The van der Waals surface area contributed by atoms with Crippen LogP contribution in [0.3, 0.4) is 0 Å². The fraction of sp³-hybridized carbons (Fsp3) is 0.250. The molecule has 1 atom stereocenters. The molecule has 0 saturated carbocycles. The average molecular weight is 185 g/mol. The third-order valence-corrected chi connectivity index (χ3v) is 2.17. The Balaban J connectivity index is 2.54. The third-order valence-electron chi connectivity index (χ3n) is 1.21. The maximum absolute atomic E-state index is 11.2. The molecule has 0 radical (unpaired) electrons. The van der Waals surface area contributed by atoms with Gasteiger partial charge < -0.3 is 0 Å². The van der Waals surface area contributed by atoms with Crippen molar-refractivity contribution in [2.75, 3.05) is 6.61 Å². The van der Waals surface area contributed by atoms with Crippen LogP contribution in [0.4, 0.5) is 0 Å². The Kier molecular flexibility index (Phi) is 3.88. The second kappa shape index (κ2) is 4.99. The zero-order valence-electron chi connectivity index (χ0n) is 6.77. The molecule has 12 heavy (non-hydrogen) atoms. The molecule has 0 aliphatic carbocycles. The molecule has 0 spiro atoms. The van der Waals surface area contributed by atoms with E-state index in [0.717, 1.165) is 0 Å². The second-order valence-electron chi connectivity index (χ2n) is 2.07. The standard InChI is InChI=1S/C8H10O3P/c1-2-10-11-12(9)8-6-4-3-5-7-8/h3-7H,2H2,1H3/q+1. The SMILES string of the molecule is CCOO[P+](=O)c1ccccc1. The van der Waals surface area contributed by atoms with Crippen molar-refractivity contribution in [2.45, 2.75) is 6.92 Å². The Labute approximate surface area is 72.1 Å². The minimum atomic E-state index is -1.85. The van der Waals surface area contributed by atoms with Gasteiger partial charge >= 0.3 is 8.03 Å². The van der Waals surface area contributed by atoms with Crippen molar-refractivity contribution >= 4 is 13.3 Å². The van der Waals surface area contributed by atoms with Crippen molar-refractivity contribution in [3.63, 3.8) is 0 Å². The summed E-state index contributed by atoms with van der Waals surface area (Å²) >= 11 is 0. The van der Waals surface area contributed by atoms with E-state index >= 15 is 0 Å². The lowest BCUT2D eigenvalue weighted by molar-refractivity contribution is -0.195. The molecule has 0 aliphatic rings. The van der Waals surface area contributed by atoms with E-state index in [1.165, 1.54) is 0 Å². The summed E-state index contributed by atoms with van der Waals surface area (Å²) in [6, 6.07) is 8.93. The highest BCUT2D eigenvalue weighted by atomic mass is 31.1. The second-order valence-corrected chi connectivity index (χ2v) is 3.25. The first kappa shape index (κ1) is 9.33. The van der Waals surface area contributed by atoms with E-state index in [4.69, 9.17) is 0 Å². The monoisotopic (exact) mass is 185 g/mol. The lowest BCUT2D eigenvalue weighted by atomic mass is 10.4. The Bertz CT molecular complexity index is 248. The molecule has 0 aromatic heterocycles. The maximum atomic E-state index is 11.2. The van der Waals surface area contributed by atoms with Crippen molar-refractivity contribution in [3.05, 3.63) is 30.3 Å². The summed E-state index contributed by atoms with van der Waals surface area (Å²) < 4.78 is 15.8. The zero-order chi connectivity index (χ0) is 8.81. The molecular formula is C8H10O3P+. The predicted molar refractivity (Wildman–Crippen MR) is 46.4 cm³/mol. The third kappa shape index (κ3) is 2.70. The van der Waals surface area contributed by atoms with E-state index in [2.05, 4.69) is 9.56 Å². The van der Waals surface area contributed by atoms with Crippen molar-refractivity contribution < 1.29 is 14.1 Å². The molecule has 0 bridgehead atoms. The fourth-order valence-electron chi connectivity index (χ4n) is 0.693. The first-order chi connectivity index (χ1) is 5.84. The van der Waals surface area contributed by atoms with E-state index in [0.29, 0.717) is 11.9 Å². The molecular weight excluding hydrogens is 175 g/mol. The topological polar surface area (TPSA) is 35.5 Å². The molecule has 0 N–H and O–H groups in total. The van der Waals surface area contributed by atoms with Gasteiger partial charge in [-0.1, -0.05) is 18.2 Å². The van der Waals surface area contributed by atoms with E-state index < -0.39 is 8.03 Å². The van der Waals surface area contributed by atoms with Crippen LogP contribution < -0.4 is 5.30 Å². The summed E-state index contributed by atoms with van der Waals surface area (Å²) in [6.45, 7) is 2.17. The summed E-state index contributed by atoms with van der Waals surface area (Å²) in [6.07, 6.45) is 0. The van der Waals surface area contributed by atoms with Gasteiger partial charge in [-0.15, -0.1) is 0 Å². The lowest BCUT2D eigenvalue weighted by Crippen LogP contribution is -1.97. The largest absolute Gasteiger partial charge is 0.579 e. The average Bonchev–Trinajstić information content (AvgIpc) is 2.15. The summed E-state index contributed by atoms with van der Waals surface area (Å²) in [5, 5.41) is 0.640. The minimum Gasteiger partial charge on any atom is -0.189 e. The van der Waals surface area contributed by atoms with Gasteiger partial charge in [0, 0.05) is 4.67 Å². The van der Waals surface area contributed by atoms with Crippen molar-refractivity contribution in [1.29, 1.82) is 0 Å². The number of rotatable bonds is 4. The van der Waals surface area contributed by atoms with Crippen LogP contribution in [0, 0.1) is 0 Å². The first-order valence-electron chi connectivity index (χ1n) is 3.66. The Hall–Kier alpha value is -0.760. The molecule has 0 aliphatic heterocycles. The highest BCUT2D eigenvalue weighted by Gasteiger charge is 2.22. The van der Waals surface area contributed by atoms with Crippen LogP contribution in [-0.2, 0) is 14.1 Å². The van der Waals surface area contributed by atoms with Crippen LogP contribution in [0.15, 0.2) is 30.3 Å². The van der Waals surface area contributed by atoms with E-state index in [-0.39, 0.29) is 0 Å². The molecule has 64 valence electrons. The van der Waals surface area contributed by atoms with Crippen molar-refractivity contribution in [1.82, 2.24) is 0 Å². The van der Waals surface area contributed by atoms with Crippen LogP contribution in [0.25, 0.3) is 0 Å². The van der Waals surface area contributed by atoms with Gasteiger partial charge in [-0.3, -0.25) is 0 Å². The Morgan fingerprint density at radius 2 is 2.00 bits per heavy atom. The quantitative estimate of drug-likeness (QED) is 0.409. The number of hydrogen-bond acceptors (Lipinski definition) is 3. The van der Waals surface area contributed by atoms with Crippen molar-refractivity contribution in [3.8, 4) is 0 Å². The van der Waals surface area contributed by atoms with Gasteiger partial charge in [0.1, 0.15) is 0 Å². The van der Waals surface area contributed by atoms with Crippen LogP contribution in [0.5, 0.6) is 0 Å². The van der Waals surface area contributed by atoms with Crippen LogP contribution in [0.1, 0.15) is 6.92 Å². The van der Waals surface area contributed by atoms with Gasteiger partial charge in [0.2, 0.25) is 5.30 Å². The molecule has 0 heterocycles. The molecule has 0 amide bonds. The number of hydrogen-bond donors (Lipinski definition) is 0. The van der Waals surface area contributed by atoms with Gasteiger partial charge in [0.15, 0.2) is 0 Å². The molecule has 1 rings (SSSR count). The molecule has 1 aromatic carbocycles. The summed E-state index contributed by atoms with van der Waals surface area (Å²) in [4.78, 5) is 4.57. The molecule has 1 unspecified atom stereocenters. The van der Waals surface area contributed by atoms with Gasteiger partial charge in [-0.05, 0) is 23.6 Å². The van der Waals surface area contributed by atoms with E-state index in [9.17, 15) is 4.57 Å². The van der Waals surface area contributed by atoms with Crippen molar-refractivity contribution in [2.24, 2.45) is 0 Å². The molecule has 3 nitrogen and oxygen atoms in total. The molecule has 0 saturated heterocycles. The predicted octanol–water partition coefficient (Wildman–Crippen LogP) is 2.02. The van der Waals surface area contributed by atoms with Crippen LogP contribution >= 0.6 is 8.03 Å². The van der Waals surface area contributed by atoms with Gasteiger partial charge in [-0.25, -0.2) is 0 Å². The minimum absolute atomic E-state index is 0.397. The van der Waals surface area contributed by atoms with E-state index in [1.54, 1.807) is 31.2 Å². The summed E-state index contributed by atoms with van der Waals surface area (Å²) in [7, 11) is -1.85. The summed E-state index contributed by atoms with van der Waals surface area (Å²) in [5.74, 6) is 0. The smallest absolute Gasteiger partial charge is 0.189 e. The fourth-order valence-corrected chi connectivity index (χ4v) is 1.40. The molecule has 0 fully saturated rings. The normalized spacial score (nSPS) is 11.2. The molecule has 1 aromatic rings. The Morgan fingerprint density at radius 3 is 2.58 bits per heavy atom. The lowest BCUT2D eigenvalue weighted by Gasteiger charge is -1.86. The zero-order valence-corrected chi connectivity index (χ0v) is 7.66. The van der Waals surface area contributed by atoms with Gasteiger partial charge in [0.05, 0.1) is 6.61 Å². The van der Waals surface area contributed by atoms with Gasteiger partial charge in [0.25, 0.3) is 0 Å². The Morgan fingerprint density at radius 1 is 1.33 bits per heavy atom. The highest BCUT2D eigenvalue weighted by molar-refractivity contribution is 7.48. The van der Waals surface area contributed by atoms with E-state index in [1.807, 2.05) is 6.07 Å². The van der Waals surface area contributed by atoms with Gasteiger partial charge in [-0.2, -0.15) is 4.89 Å². The van der Waals surface area contributed by atoms with Crippen LogP contribution in [0.2, 0.25) is 0 Å².